The largest absolute Gasteiger partial charge is 0.344 e. The van der Waals surface area contributed by atoms with E-state index in [9.17, 15) is 0 Å². The van der Waals surface area contributed by atoms with Crippen LogP contribution in [0.15, 0.2) is 0 Å². The van der Waals surface area contributed by atoms with E-state index in [0.29, 0.717) is 0 Å². The van der Waals surface area contributed by atoms with Crippen LogP contribution in [0.3, 0.4) is 0 Å². The van der Waals surface area contributed by atoms with Gasteiger partial charge in [0.25, 0.3) is 0 Å². The van der Waals surface area contributed by atoms with Crippen LogP contribution in [-0.2, 0) is 4.74 Å². The fourth-order valence-corrected chi connectivity index (χ4v) is 1.32. The summed E-state index contributed by atoms with van der Waals surface area (Å²) in [5.74, 6) is 0. The zero-order valence-corrected chi connectivity index (χ0v) is 4.81. The van der Waals surface area contributed by atoms with Crippen LogP contribution in [0.5, 0.6) is 0 Å². The summed E-state index contributed by atoms with van der Waals surface area (Å²) in [6.07, 6.45) is 5.80. The molecule has 1 atom stereocenters. The molecular weight excluding hydrogens is 102 g/mol. The first-order valence-electron chi connectivity index (χ1n) is 3.15. The van der Waals surface area contributed by atoms with Gasteiger partial charge >= 0.3 is 0 Å². The monoisotopic (exact) mass is 112 g/mol. The van der Waals surface area contributed by atoms with Crippen LogP contribution >= 0.6 is 0 Å². The van der Waals surface area contributed by atoms with Crippen molar-refractivity contribution >= 4 is 0 Å². The maximum absolute atomic E-state index is 5.69. The van der Waals surface area contributed by atoms with Gasteiger partial charge in [0.05, 0.1) is 0 Å². The number of hydrogen-bond donors (Lipinski definition) is 1. The number of rotatable bonds is 0. The summed E-state index contributed by atoms with van der Waals surface area (Å²) in [5.41, 5.74) is 5.45. The Morgan fingerprint density at radius 3 is 2.88 bits per heavy atom. The SMILES string of the molecule is NC12CCCC[C]1O2. The average Bonchev–Trinajstić information content (AvgIpc) is 2.39. The van der Waals surface area contributed by atoms with E-state index >= 15 is 0 Å². The van der Waals surface area contributed by atoms with E-state index in [1.165, 1.54) is 12.8 Å². The van der Waals surface area contributed by atoms with Gasteiger partial charge in [0.2, 0.25) is 0 Å². The lowest BCUT2D eigenvalue weighted by Crippen LogP contribution is -2.26. The van der Waals surface area contributed by atoms with Crippen LogP contribution in [0.1, 0.15) is 25.7 Å². The van der Waals surface area contributed by atoms with Gasteiger partial charge in [0.15, 0.2) is 0 Å². The third-order valence-corrected chi connectivity index (χ3v) is 1.94. The van der Waals surface area contributed by atoms with Crippen molar-refractivity contribution in [2.45, 2.75) is 31.4 Å². The van der Waals surface area contributed by atoms with Gasteiger partial charge in [-0.25, -0.2) is 0 Å². The Kier molecular flexibility index (Phi) is 0.746. The lowest BCUT2D eigenvalue weighted by atomic mass is 9.97. The van der Waals surface area contributed by atoms with Gasteiger partial charge in [-0.3, -0.25) is 0 Å². The second-order valence-corrected chi connectivity index (χ2v) is 2.62. The Morgan fingerprint density at radius 2 is 2.38 bits per heavy atom. The minimum atomic E-state index is -0.238. The van der Waals surface area contributed by atoms with E-state index in [1.54, 1.807) is 0 Å². The van der Waals surface area contributed by atoms with Gasteiger partial charge in [-0.05, 0) is 19.3 Å². The summed E-state index contributed by atoms with van der Waals surface area (Å²) in [5, 5.41) is 0. The molecule has 0 aromatic carbocycles. The van der Waals surface area contributed by atoms with Crippen LogP contribution < -0.4 is 5.73 Å². The van der Waals surface area contributed by atoms with Crippen LogP contribution in [0, 0.1) is 6.10 Å². The lowest BCUT2D eigenvalue weighted by molar-refractivity contribution is 0.298. The van der Waals surface area contributed by atoms with E-state index < -0.39 is 0 Å². The maximum Gasteiger partial charge on any atom is 0.150 e. The van der Waals surface area contributed by atoms with Gasteiger partial charge in [-0.2, -0.15) is 0 Å². The molecule has 0 aromatic heterocycles. The number of hydrogen-bond acceptors (Lipinski definition) is 2. The number of epoxide rings is 1. The molecule has 1 heterocycles. The second kappa shape index (κ2) is 1.25. The molecule has 45 valence electrons. The predicted molar refractivity (Wildman–Crippen MR) is 29.7 cm³/mol. The van der Waals surface area contributed by atoms with Crippen molar-refractivity contribution in [1.29, 1.82) is 0 Å². The van der Waals surface area contributed by atoms with E-state index in [0.717, 1.165) is 18.9 Å². The fourth-order valence-electron chi connectivity index (χ4n) is 1.32. The molecule has 0 aromatic rings. The zero-order valence-electron chi connectivity index (χ0n) is 4.81. The molecule has 2 heteroatoms. The molecular formula is C6H10NO. The first-order valence-corrected chi connectivity index (χ1v) is 3.15. The number of fused-ring (bicyclic) bond motifs is 1. The van der Waals surface area contributed by atoms with E-state index in [1.807, 2.05) is 0 Å². The van der Waals surface area contributed by atoms with Gasteiger partial charge in [-0.1, -0.05) is 6.42 Å². The smallest absolute Gasteiger partial charge is 0.150 e. The predicted octanol–water partition coefficient (Wildman–Crippen LogP) is 0.778. The van der Waals surface area contributed by atoms with Crippen molar-refractivity contribution < 1.29 is 4.74 Å². The molecule has 1 aliphatic carbocycles. The summed E-state index contributed by atoms with van der Waals surface area (Å²) >= 11 is 0. The molecule has 2 N–H and O–H groups in total. The van der Waals surface area contributed by atoms with E-state index in [4.69, 9.17) is 10.5 Å². The Morgan fingerprint density at radius 1 is 1.50 bits per heavy atom. The Bertz CT molecular complexity index is 113. The van der Waals surface area contributed by atoms with Crippen molar-refractivity contribution in [3.05, 3.63) is 6.10 Å². The molecule has 1 unspecified atom stereocenters. The molecule has 1 saturated heterocycles. The average molecular weight is 112 g/mol. The van der Waals surface area contributed by atoms with E-state index in [2.05, 4.69) is 0 Å². The van der Waals surface area contributed by atoms with Crippen LogP contribution in [0.2, 0.25) is 0 Å². The van der Waals surface area contributed by atoms with Crippen molar-refractivity contribution in [3.8, 4) is 0 Å². The summed E-state index contributed by atoms with van der Waals surface area (Å²) in [6.45, 7) is 0. The third-order valence-electron chi connectivity index (χ3n) is 1.94. The molecule has 1 radical (unpaired) electrons. The topological polar surface area (TPSA) is 38.5 Å². The summed E-state index contributed by atoms with van der Waals surface area (Å²) in [6, 6.07) is 0. The molecule has 0 spiro atoms. The third kappa shape index (κ3) is 0.501. The maximum atomic E-state index is 5.69. The highest BCUT2D eigenvalue weighted by molar-refractivity contribution is 5.15. The van der Waals surface area contributed by atoms with Crippen LogP contribution in [-0.4, -0.2) is 5.72 Å². The molecule has 2 nitrogen and oxygen atoms in total. The summed E-state index contributed by atoms with van der Waals surface area (Å²) < 4.78 is 5.16. The normalized spacial score (nSPS) is 46.1. The number of nitrogens with two attached hydrogens (primary N) is 1. The molecule has 2 aliphatic rings. The van der Waals surface area contributed by atoms with Crippen molar-refractivity contribution in [3.63, 3.8) is 0 Å². The molecule has 1 aliphatic heterocycles. The van der Waals surface area contributed by atoms with E-state index in [-0.39, 0.29) is 5.72 Å². The molecule has 0 amide bonds. The Hall–Kier alpha value is -0.0800. The van der Waals surface area contributed by atoms with Crippen molar-refractivity contribution in [1.82, 2.24) is 0 Å². The molecule has 1 saturated carbocycles. The summed E-state index contributed by atoms with van der Waals surface area (Å²) in [7, 11) is 0. The highest BCUT2D eigenvalue weighted by Gasteiger charge is 2.55. The minimum absolute atomic E-state index is 0.238. The Balaban J connectivity index is 2.04. The summed E-state index contributed by atoms with van der Waals surface area (Å²) in [4.78, 5) is 0. The number of ether oxygens (including phenoxy) is 1. The highest BCUT2D eigenvalue weighted by atomic mass is 16.6. The molecule has 2 fully saturated rings. The van der Waals surface area contributed by atoms with Crippen molar-refractivity contribution in [2.24, 2.45) is 5.73 Å². The first kappa shape index (κ1) is 4.77. The standard InChI is InChI=1S/C6H10NO/c7-6-4-2-1-3-5(6)8-6/h1-4,7H2. The van der Waals surface area contributed by atoms with Gasteiger partial charge in [0.1, 0.15) is 11.8 Å². The fraction of sp³-hybridized carbons (Fsp3) is 0.833. The molecule has 0 bridgehead atoms. The van der Waals surface area contributed by atoms with Crippen LogP contribution in [0.25, 0.3) is 0 Å². The minimum Gasteiger partial charge on any atom is -0.344 e. The second-order valence-electron chi connectivity index (χ2n) is 2.62. The molecule has 2 rings (SSSR count). The highest BCUT2D eigenvalue weighted by Crippen LogP contribution is 2.49. The van der Waals surface area contributed by atoms with Gasteiger partial charge in [0, 0.05) is 0 Å². The van der Waals surface area contributed by atoms with Gasteiger partial charge < -0.3 is 10.5 Å². The van der Waals surface area contributed by atoms with Crippen LogP contribution in [0.4, 0.5) is 0 Å². The lowest BCUT2D eigenvalue weighted by Gasteiger charge is -2.09. The molecule has 8 heavy (non-hydrogen) atoms. The first-order chi connectivity index (χ1) is 3.81. The zero-order chi connectivity index (χ0) is 5.61. The Labute approximate surface area is 49.0 Å². The van der Waals surface area contributed by atoms with Crippen molar-refractivity contribution in [2.75, 3.05) is 0 Å². The van der Waals surface area contributed by atoms with Gasteiger partial charge in [-0.15, -0.1) is 0 Å². The quantitative estimate of drug-likeness (QED) is 0.470.